The fourth-order valence-electron chi connectivity index (χ4n) is 1.50. The Morgan fingerprint density at radius 3 is 2.56 bits per heavy atom. The van der Waals surface area contributed by atoms with E-state index in [4.69, 9.17) is 0 Å². The van der Waals surface area contributed by atoms with Crippen LogP contribution in [0, 0.1) is 0 Å². The van der Waals surface area contributed by atoms with Crippen LogP contribution < -0.4 is 21.3 Å². The number of hydrogen-bond acceptors (Lipinski definition) is 4. The van der Waals surface area contributed by atoms with E-state index in [-0.39, 0.29) is 42.9 Å². The van der Waals surface area contributed by atoms with Crippen molar-refractivity contribution in [1.29, 1.82) is 0 Å². The molecule has 1 saturated heterocycles. The summed E-state index contributed by atoms with van der Waals surface area (Å²) in [5.41, 5.74) is -0.321. The number of hydrogen-bond donors (Lipinski definition) is 4. The van der Waals surface area contributed by atoms with Crippen molar-refractivity contribution in [3.63, 3.8) is 0 Å². The lowest BCUT2D eigenvalue weighted by molar-refractivity contribution is -0.129. The van der Waals surface area contributed by atoms with Crippen LogP contribution in [0.5, 0.6) is 0 Å². The van der Waals surface area contributed by atoms with E-state index in [0.717, 1.165) is 0 Å². The van der Waals surface area contributed by atoms with Gasteiger partial charge in [0.25, 0.3) is 0 Å². The van der Waals surface area contributed by atoms with E-state index in [1.165, 1.54) is 0 Å². The summed E-state index contributed by atoms with van der Waals surface area (Å²) >= 11 is 0. The number of rotatable bonds is 3. The quantitative estimate of drug-likeness (QED) is 0.474. The Morgan fingerprint density at radius 1 is 1.39 bits per heavy atom. The Bertz CT molecular complexity index is 339. The van der Waals surface area contributed by atoms with Crippen molar-refractivity contribution in [2.75, 3.05) is 19.6 Å². The summed E-state index contributed by atoms with van der Waals surface area (Å²) in [4.78, 5) is 34.0. The van der Waals surface area contributed by atoms with Crippen LogP contribution in [0.2, 0.25) is 0 Å². The molecule has 0 aromatic rings. The zero-order valence-electron chi connectivity index (χ0n) is 10.9. The van der Waals surface area contributed by atoms with Crippen molar-refractivity contribution in [2.45, 2.75) is 32.4 Å². The van der Waals surface area contributed by atoms with Gasteiger partial charge in [-0.25, -0.2) is 0 Å². The SMILES string of the molecule is CC(C)(C)NC(=O)CNC(=O)C1CNC(=O)CN1. The van der Waals surface area contributed by atoms with E-state index in [1.54, 1.807) is 0 Å². The van der Waals surface area contributed by atoms with E-state index in [1.807, 2.05) is 20.8 Å². The largest absolute Gasteiger partial charge is 0.353 e. The number of carbonyl (C=O) groups is 3. The topological polar surface area (TPSA) is 99.3 Å². The molecule has 0 saturated carbocycles. The van der Waals surface area contributed by atoms with Gasteiger partial charge in [-0.2, -0.15) is 0 Å². The predicted molar refractivity (Wildman–Crippen MR) is 65.7 cm³/mol. The lowest BCUT2D eigenvalue weighted by Crippen LogP contribution is -2.59. The molecule has 18 heavy (non-hydrogen) atoms. The maximum absolute atomic E-state index is 11.7. The molecule has 1 atom stereocenters. The molecule has 0 radical (unpaired) electrons. The van der Waals surface area contributed by atoms with Crippen LogP contribution in [0.25, 0.3) is 0 Å². The van der Waals surface area contributed by atoms with Crippen LogP contribution in [0.4, 0.5) is 0 Å². The second-order valence-electron chi connectivity index (χ2n) is 5.25. The average Bonchev–Trinajstić information content (AvgIpc) is 2.24. The maximum Gasteiger partial charge on any atom is 0.239 e. The van der Waals surface area contributed by atoms with E-state index in [2.05, 4.69) is 21.3 Å². The Morgan fingerprint density at radius 2 is 2.06 bits per heavy atom. The summed E-state index contributed by atoms with van der Waals surface area (Å²) in [5, 5.41) is 10.6. The molecule has 7 heteroatoms. The van der Waals surface area contributed by atoms with Gasteiger partial charge in [0.2, 0.25) is 17.7 Å². The second kappa shape index (κ2) is 5.81. The van der Waals surface area contributed by atoms with Crippen LogP contribution in [0.15, 0.2) is 0 Å². The van der Waals surface area contributed by atoms with E-state index >= 15 is 0 Å². The summed E-state index contributed by atoms with van der Waals surface area (Å²) in [5.74, 6) is -0.667. The van der Waals surface area contributed by atoms with Crippen LogP contribution in [0.3, 0.4) is 0 Å². The van der Waals surface area contributed by atoms with Gasteiger partial charge in [-0.05, 0) is 20.8 Å². The average molecular weight is 256 g/mol. The molecule has 1 fully saturated rings. The summed E-state index contributed by atoms with van der Waals surface area (Å²) in [6, 6.07) is -0.481. The number of piperazine rings is 1. The van der Waals surface area contributed by atoms with Gasteiger partial charge in [-0.3, -0.25) is 19.7 Å². The van der Waals surface area contributed by atoms with E-state index in [9.17, 15) is 14.4 Å². The maximum atomic E-state index is 11.7. The van der Waals surface area contributed by atoms with Gasteiger partial charge in [0.05, 0.1) is 13.1 Å². The molecule has 0 bridgehead atoms. The normalized spacial score (nSPS) is 19.9. The molecule has 1 aliphatic rings. The molecular formula is C11H20N4O3. The van der Waals surface area contributed by atoms with Gasteiger partial charge in [0, 0.05) is 12.1 Å². The van der Waals surface area contributed by atoms with E-state index < -0.39 is 6.04 Å². The number of carbonyl (C=O) groups excluding carboxylic acids is 3. The van der Waals surface area contributed by atoms with Crippen molar-refractivity contribution in [3.05, 3.63) is 0 Å². The van der Waals surface area contributed by atoms with Crippen LogP contribution in [-0.4, -0.2) is 48.9 Å². The van der Waals surface area contributed by atoms with Crippen molar-refractivity contribution >= 4 is 17.7 Å². The molecule has 0 aliphatic carbocycles. The van der Waals surface area contributed by atoms with Gasteiger partial charge >= 0.3 is 0 Å². The first-order chi connectivity index (χ1) is 8.28. The summed E-state index contributed by atoms with van der Waals surface area (Å²) in [7, 11) is 0. The van der Waals surface area contributed by atoms with Crippen LogP contribution in [0.1, 0.15) is 20.8 Å². The Labute approximate surface area is 106 Å². The van der Waals surface area contributed by atoms with Crippen molar-refractivity contribution in [2.24, 2.45) is 0 Å². The molecule has 0 aromatic carbocycles. The monoisotopic (exact) mass is 256 g/mol. The summed E-state index contributed by atoms with van der Waals surface area (Å²) < 4.78 is 0. The zero-order chi connectivity index (χ0) is 13.8. The van der Waals surface area contributed by atoms with E-state index in [0.29, 0.717) is 0 Å². The minimum Gasteiger partial charge on any atom is -0.353 e. The Kier molecular flexibility index (Phi) is 4.66. The molecule has 7 nitrogen and oxygen atoms in total. The molecule has 0 spiro atoms. The highest BCUT2D eigenvalue weighted by Gasteiger charge is 2.24. The van der Waals surface area contributed by atoms with Gasteiger partial charge in [0.15, 0.2) is 0 Å². The standard InChI is InChI=1S/C11H20N4O3/c1-11(2,3)15-9(17)6-14-10(18)7-4-13-8(16)5-12-7/h7,12H,4-6H2,1-3H3,(H,13,16)(H,14,18)(H,15,17). The molecule has 0 aromatic heterocycles. The minimum atomic E-state index is -0.481. The Balaban J connectivity index is 2.29. The highest BCUT2D eigenvalue weighted by Crippen LogP contribution is 1.97. The molecule has 3 amide bonds. The predicted octanol–water partition coefficient (Wildman–Crippen LogP) is -1.89. The molecule has 1 aliphatic heterocycles. The number of nitrogens with one attached hydrogen (secondary N) is 4. The van der Waals surface area contributed by atoms with Crippen LogP contribution >= 0.6 is 0 Å². The highest BCUT2D eigenvalue weighted by atomic mass is 16.2. The van der Waals surface area contributed by atoms with Crippen molar-refractivity contribution < 1.29 is 14.4 Å². The van der Waals surface area contributed by atoms with Gasteiger partial charge < -0.3 is 16.0 Å². The van der Waals surface area contributed by atoms with Crippen LogP contribution in [-0.2, 0) is 14.4 Å². The first-order valence-corrected chi connectivity index (χ1v) is 5.87. The first kappa shape index (κ1) is 14.4. The summed E-state index contributed by atoms with van der Waals surface area (Å²) in [6.07, 6.45) is 0. The molecule has 1 rings (SSSR count). The lowest BCUT2D eigenvalue weighted by atomic mass is 10.1. The molecule has 102 valence electrons. The van der Waals surface area contributed by atoms with Gasteiger partial charge in [-0.15, -0.1) is 0 Å². The molecule has 4 N–H and O–H groups in total. The second-order valence-corrected chi connectivity index (χ2v) is 5.25. The molecular weight excluding hydrogens is 236 g/mol. The fourth-order valence-corrected chi connectivity index (χ4v) is 1.50. The first-order valence-electron chi connectivity index (χ1n) is 5.87. The van der Waals surface area contributed by atoms with Gasteiger partial charge in [0.1, 0.15) is 6.04 Å². The third kappa shape index (κ3) is 5.13. The highest BCUT2D eigenvalue weighted by molar-refractivity contribution is 5.89. The number of amides is 3. The Hall–Kier alpha value is -1.63. The fraction of sp³-hybridized carbons (Fsp3) is 0.727. The van der Waals surface area contributed by atoms with Crippen molar-refractivity contribution in [3.8, 4) is 0 Å². The third-order valence-electron chi connectivity index (χ3n) is 2.27. The molecule has 1 unspecified atom stereocenters. The lowest BCUT2D eigenvalue weighted by Gasteiger charge is -2.24. The smallest absolute Gasteiger partial charge is 0.239 e. The molecule has 1 heterocycles. The third-order valence-corrected chi connectivity index (χ3v) is 2.27. The van der Waals surface area contributed by atoms with Gasteiger partial charge in [-0.1, -0.05) is 0 Å². The van der Waals surface area contributed by atoms with Crippen molar-refractivity contribution in [1.82, 2.24) is 21.3 Å². The minimum absolute atomic E-state index is 0.0672. The summed E-state index contributed by atoms with van der Waals surface area (Å²) in [6.45, 7) is 5.89. The zero-order valence-corrected chi connectivity index (χ0v) is 10.9.